The number of benzene rings is 2. The molecule has 0 spiro atoms. The Morgan fingerprint density at radius 2 is 1.90 bits per heavy atom. The van der Waals surface area contributed by atoms with Gasteiger partial charge in [-0.1, -0.05) is 36.4 Å². The lowest BCUT2D eigenvalue weighted by Crippen LogP contribution is -2.35. The fourth-order valence-corrected chi connectivity index (χ4v) is 3.96. The Balaban J connectivity index is 1.47. The molecule has 2 atom stereocenters. The van der Waals surface area contributed by atoms with Gasteiger partial charge in [0, 0.05) is 35.2 Å². The molecule has 7 heteroatoms. The first-order valence-corrected chi connectivity index (χ1v) is 11.3. The van der Waals surface area contributed by atoms with Crippen LogP contribution in [0.5, 0.6) is 0 Å². The SMILES string of the molecule is CSc1cccc(N2C[C@@H](C(=O)O[C@H](C(=O)NC3CC3)c3ccccc3)CC2=O)c1. The van der Waals surface area contributed by atoms with E-state index in [1.807, 2.05) is 36.6 Å². The van der Waals surface area contributed by atoms with Crippen molar-refractivity contribution in [2.24, 2.45) is 5.92 Å². The maximum Gasteiger partial charge on any atom is 0.312 e. The van der Waals surface area contributed by atoms with E-state index in [4.69, 9.17) is 4.74 Å². The predicted molar refractivity (Wildman–Crippen MR) is 115 cm³/mol. The Hall–Kier alpha value is -2.80. The van der Waals surface area contributed by atoms with E-state index >= 15 is 0 Å². The molecule has 0 radical (unpaired) electrons. The number of nitrogens with one attached hydrogen (secondary N) is 1. The maximum atomic E-state index is 12.9. The van der Waals surface area contributed by atoms with Crippen LogP contribution in [0.3, 0.4) is 0 Å². The second-order valence-electron chi connectivity index (χ2n) is 7.62. The number of carbonyl (C=O) groups excluding carboxylic acids is 3. The average molecular weight is 425 g/mol. The second kappa shape index (κ2) is 8.92. The molecule has 2 aromatic rings. The first kappa shape index (κ1) is 20.5. The van der Waals surface area contributed by atoms with E-state index in [9.17, 15) is 14.4 Å². The van der Waals surface area contributed by atoms with Crippen LogP contribution in [0.25, 0.3) is 0 Å². The largest absolute Gasteiger partial charge is 0.447 e. The fraction of sp³-hybridized carbons (Fsp3) is 0.348. The molecule has 1 aliphatic carbocycles. The number of thioether (sulfide) groups is 1. The summed E-state index contributed by atoms with van der Waals surface area (Å²) in [6.45, 7) is 0.251. The summed E-state index contributed by atoms with van der Waals surface area (Å²) < 4.78 is 5.65. The van der Waals surface area contributed by atoms with Gasteiger partial charge in [0.2, 0.25) is 12.0 Å². The summed E-state index contributed by atoms with van der Waals surface area (Å²) in [7, 11) is 0. The third kappa shape index (κ3) is 4.67. The van der Waals surface area contributed by atoms with Crippen LogP contribution in [-0.2, 0) is 19.1 Å². The van der Waals surface area contributed by atoms with Crippen molar-refractivity contribution in [3.05, 3.63) is 60.2 Å². The number of ether oxygens (including phenoxy) is 1. The van der Waals surface area contributed by atoms with Gasteiger partial charge in [-0.25, -0.2) is 0 Å². The highest BCUT2D eigenvalue weighted by molar-refractivity contribution is 7.98. The van der Waals surface area contributed by atoms with Crippen molar-refractivity contribution in [1.29, 1.82) is 0 Å². The Morgan fingerprint density at radius 1 is 1.13 bits per heavy atom. The quantitative estimate of drug-likeness (QED) is 0.545. The van der Waals surface area contributed by atoms with E-state index in [1.54, 1.807) is 40.9 Å². The van der Waals surface area contributed by atoms with Gasteiger partial charge >= 0.3 is 5.97 Å². The van der Waals surface area contributed by atoms with Crippen LogP contribution in [0.4, 0.5) is 5.69 Å². The number of nitrogens with zero attached hydrogens (tertiary/aromatic N) is 1. The molecular formula is C23H24N2O4S. The Morgan fingerprint density at radius 3 is 2.60 bits per heavy atom. The van der Waals surface area contributed by atoms with E-state index in [-0.39, 0.29) is 30.8 Å². The summed E-state index contributed by atoms with van der Waals surface area (Å²) in [6, 6.07) is 16.8. The Labute approximate surface area is 180 Å². The van der Waals surface area contributed by atoms with Crippen LogP contribution in [0, 0.1) is 5.92 Å². The zero-order valence-corrected chi connectivity index (χ0v) is 17.6. The number of esters is 1. The van der Waals surface area contributed by atoms with Gasteiger partial charge in [0.25, 0.3) is 5.91 Å². The lowest BCUT2D eigenvalue weighted by Gasteiger charge is -2.20. The van der Waals surface area contributed by atoms with Gasteiger partial charge in [0.15, 0.2) is 0 Å². The van der Waals surface area contributed by atoms with Crippen molar-refractivity contribution in [3.8, 4) is 0 Å². The molecule has 1 saturated carbocycles. The van der Waals surface area contributed by atoms with E-state index in [0.29, 0.717) is 5.56 Å². The molecule has 2 fully saturated rings. The zero-order chi connectivity index (χ0) is 21.1. The molecular weight excluding hydrogens is 400 g/mol. The molecule has 4 rings (SSSR count). The molecule has 1 heterocycles. The van der Waals surface area contributed by atoms with E-state index in [2.05, 4.69) is 5.32 Å². The summed E-state index contributed by atoms with van der Waals surface area (Å²) in [6.07, 6.45) is 2.93. The topological polar surface area (TPSA) is 75.7 Å². The first-order chi connectivity index (χ1) is 14.5. The molecule has 30 heavy (non-hydrogen) atoms. The van der Waals surface area contributed by atoms with Crippen LogP contribution in [0.2, 0.25) is 0 Å². The van der Waals surface area contributed by atoms with Crippen molar-refractivity contribution in [1.82, 2.24) is 5.32 Å². The van der Waals surface area contributed by atoms with Crippen LogP contribution >= 0.6 is 11.8 Å². The van der Waals surface area contributed by atoms with Crippen LogP contribution < -0.4 is 10.2 Å². The highest BCUT2D eigenvalue weighted by Crippen LogP contribution is 2.30. The van der Waals surface area contributed by atoms with Crippen molar-refractivity contribution in [3.63, 3.8) is 0 Å². The summed E-state index contributed by atoms with van der Waals surface area (Å²) in [4.78, 5) is 40.8. The third-order valence-electron chi connectivity index (χ3n) is 5.32. The van der Waals surface area contributed by atoms with Crippen LogP contribution in [0.15, 0.2) is 59.5 Å². The number of rotatable bonds is 7. The minimum Gasteiger partial charge on any atom is -0.447 e. The fourth-order valence-electron chi connectivity index (χ4n) is 3.51. The van der Waals surface area contributed by atoms with Gasteiger partial charge in [-0.3, -0.25) is 14.4 Å². The van der Waals surface area contributed by atoms with Crippen LogP contribution in [0.1, 0.15) is 30.9 Å². The maximum absolute atomic E-state index is 12.9. The third-order valence-corrected chi connectivity index (χ3v) is 6.05. The number of hydrogen-bond acceptors (Lipinski definition) is 5. The highest BCUT2D eigenvalue weighted by atomic mass is 32.2. The summed E-state index contributed by atoms with van der Waals surface area (Å²) >= 11 is 1.60. The van der Waals surface area contributed by atoms with Crippen molar-refractivity contribution < 1.29 is 19.1 Å². The molecule has 1 saturated heterocycles. The lowest BCUT2D eigenvalue weighted by molar-refractivity contribution is -0.160. The Bertz CT molecular complexity index is 945. The van der Waals surface area contributed by atoms with Gasteiger partial charge in [-0.15, -0.1) is 11.8 Å². The number of hydrogen-bond donors (Lipinski definition) is 1. The minimum absolute atomic E-state index is 0.0775. The summed E-state index contributed by atoms with van der Waals surface area (Å²) in [5, 5.41) is 2.91. The molecule has 1 N–H and O–H groups in total. The molecule has 0 aromatic heterocycles. The van der Waals surface area contributed by atoms with Gasteiger partial charge in [0.05, 0.1) is 5.92 Å². The number of carbonyl (C=O) groups is 3. The predicted octanol–water partition coefficient (Wildman–Crippen LogP) is 3.32. The first-order valence-electron chi connectivity index (χ1n) is 10.1. The molecule has 156 valence electrons. The van der Waals surface area contributed by atoms with Gasteiger partial charge in [0.1, 0.15) is 0 Å². The summed E-state index contributed by atoms with van der Waals surface area (Å²) in [5.41, 5.74) is 1.39. The monoisotopic (exact) mass is 424 g/mol. The Kier molecular flexibility index (Phi) is 6.08. The smallest absolute Gasteiger partial charge is 0.312 e. The second-order valence-corrected chi connectivity index (χ2v) is 8.50. The van der Waals surface area contributed by atoms with Crippen LogP contribution in [-0.4, -0.2) is 36.6 Å². The van der Waals surface area contributed by atoms with Gasteiger partial charge in [-0.05, 0) is 37.3 Å². The molecule has 6 nitrogen and oxygen atoms in total. The number of anilines is 1. The molecule has 0 bridgehead atoms. The van der Waals surface area contributed by atoms with Gasteiger partial charge in [-0.2, -0.15) is 0 Å². The van der Waals surface area contributed by atoms with E-state index in [0.717, 1.165) is 23.4 Å². The van der Waals surface area contributed by atoms with Crippen molar-refractivity contribution in [2.75, 3.05) is 17.7 Å². The molecule has 2 aromatic carbocycles. The zero-order valence-electron chi connectivity index (χ0n) is 16.7. The van der Waals surface area contributed by atoms with Crippen molar-refractivity contribution >= 4 is 35.2 Å². The molecule has 2 aliphatic rings. The average Bonchev–Trinajstić information content (AvgIpc) is 3.50. The van der Waals surface area contributed by atoms with E-state index in [1.165, 1.54) is 0 Å². The summed E-state index contributed by atoms with van der Waals surface area (Å²) in [5.74, 6) is -1.55. The normalized spacial score (nSPS) is 19.4. The highest BCUT2D eigenvalue weighted by Gasteiger charge is 2.39. The molecule has 2 amide bonds. The van der Waals surface area contributed by atoms with E-state index < -0.39 is 18.0 Å². The molecule has 1 aliphatic heterocycles. The minimum atomic E-state index is -1.01. The van der Waals surface area contributed by atoms with Gasteiger partial charge < -0.3 is 15.0 Å². The lowest BCUT2D eigenvalue weighted by atomic mass is 10.1. The standard InChI is InChI=1S/C23H24N2O4S/c1-30-19-9-5-8-18(13-19)25-14-16(12-20(25)26)23(28)29-21(15-6-3-2-4-7-15)22(27)24-17-10-11-17/h2-9,13,16-17,21H,10-12,14H2,1H3,(H,24,27)/t16-,21-/m0/s1. The van der Waals surface area contributed by atoms with Crippen molar-refractivity contribution in [2.45, 2.75) is 36.3 Å². The number of amides is 2. The molecule has 0 unspecified atom stereocenters.